The van der Waals surface area contributed by atoms with E-state index in [0.29, 0.717) is 28.5 Å². The molecule has 9 heteroatoms. The molecule has 23 heavy (non-hydrogen) atoms. The average molecular weight is 337 g/mol. The molecule has 2 aromatic heterocycles. The molecule has 0 atom stereocenters. The molecule has 0 saturated carbocycles. The summed E-state index contributed by atoms with van der Waals surface area (Å²) in [6, 6.07) is 0. The summed E-state index contributed by atoms with van der Waals surface area (Å²) in [5.41, 5.74) is 1.07. The lowest BCUT2D eigenvalue weighted by molar-refractivity contribution is 0.0526. The molecule has 122 valence electrons. The quantitative estimate of drug-likeness (QED) is 0.507. The van der Waals surface area contributed by atoms with Crippen LogP contribution in [0, 0.1) is 6.08 Å². The highest BCUT2D eigenvalue weighted by molar-refractivity contribution is 7.79. The smallest absolute Gasteiger partial charge is 0.343 e. The molecular weight excluding hydrogens is 321 g/mol. The molecule has 1 aliphatic heterocycles. The fourth-order valence-electron chi connectivity index (χ4n) is 2.61. The average Bonchev–Trinajstić information content (AvgIpc) is 2.85. The Bertz CT molecular complexity index is 790. The maximum absolute atomic E-state index is 13.4. The fourth-order valence-corrected chi connectivity index (χ4v) is 2.83. The largest absolute Gasteiger partial charge is 0.462 e. The van der Waals surface area contributed by atoms with Gasteiger partial charge >= 0.3 is 12.0 Å². The highest BCUT2D eigenvalue weighted by Gasteiger charge is 2.38. The molecule has 1 aliphatic rings. The summed E-state index contributed by atoms with van der Waals surface area (Å²) < 4.78 is 20.0. The van der Waals surface area contributed by atoms with E-state index >= 15 is 0 Å². The van der Waals surface area contributed by atoms with Gasteiger partial charge in [0.15, 0.2) is 0 Å². The Morgan fingerprint density at radius 2 is 2.26 bits per heavy atom. The van der Waals surface area contributed by atoms with Crippen LogP contribution >= 0.6 is 12.6 Å². The zero-order valence-corrected chi connectivity index (χ0v) is 13.8. The predicted octanol–water partition coefficient (Wildman–Crippen LogP) is 2.07. The molecule has 1 N–H and O–H groups in total. The van der Waals surface area contributed by atoms with Gasteiger partial charge in [0.1, 0.15) is 17.1 Å². The van der Waals surface area contributed by atoms with E-state index in [0.717, 1.165) is 0 Å². The number of aromatic nitrogens is 4. The lowest BCUT2D eigenvalue weighted by Gasteiger charge is -2.33. The van der Waals surface area contributed by atoms with E-state index < -0.39 is 17.6 Å². The molecule has 7 nitrogen and oxygen atoms in total. The van der Waals surface area contributed by atoms with Gasteiger partial charge in [0.2, 0.25) is 0 Å². The van der Waals surface area contributed by atoms with E-state index in [1.54, 1.807) is 6.92 Å². The summed E-state index contributed by atoms with van der Waals surface area (Å²) in [6.07, 6.45) is 0.544. The molecule has 0 radical (unpaired) electrons. The summed E-state index contributed by atoms with van der Waals surface area (Å²) >= 11 is 4.23. The van der Waals surface area contributed by atoms with Crippen LogP contribution in [-0.4, -0.2) is 32.3 Å². The Morgan fingerprint density at radius 1 is 1.52 bits per heavy atom. The topological polar surface area (TPSA) is 81.9 Å². The summed E-state index contributed by atoms with van der Waals surface area (Å²) in [5.74, 6) is 0.251. The second kappa shape index (κ2) is 5.48. The van der Waals surface area contributed by atoms with E-state index in [-0.39, 0.29) is 12.4 Å². The van der Waals surface area contributed by atoms with Crippen LogP contribution < -0.4 is 5.32 Å². The Kier molecular flexibility index (Phi) is 3.75. The fraction of sp³-hybridized carbons (Fsp3) is 0.429. The van der Waals surface area contributed by atoms with Gasteiger partial charge in [-0.15, -0.1) is 0 Å². The highest BCUT2D eigenvalue weighted by Crippen LogP contribution is 2.38. The number of carbonyl (C=O) groups is 1. The van der Waals surface area contributed by atoms with Crippen molar-refractivity contribution >= 4 is 24.4 Å². The first-order valence-corrected chi connectivity index (χ1v) is 7.73. The van der Waals surface area contributed by atoms with Crippen molar-refractivity contribution in [2.45, 2.75) is 32.1 Å². The molecule has 2 aromatic rings. The molecular formula is C14H16FN5O2S. The normalized spacial score (nSPS) is 14.7. The Balaban J connectivity index is 2.26. The molecule has 0 amide bonds. The van der Waals surface area contributed by atoms with Crippen molar-refractivity contribution in [3.8, 4) is 5.69 Å². The third kappa shape index (κ3) is 2.44. The molecule has 0 fully saturated rings. The van der Waals surface area contributed by atoms with Crippen LogP contribution in [0.15, 0.2) is 6.20 Å². The number of ether oxygens (including phenoxy) is 1. The number of halogens is 1. The second-order valence-electron chi connectivity index (χ2n) is 5.58. The van der Waals surface area contributed by atoms with E-state index in [2.05, 4.69) is 33.0 Å². The second-order valence-corrected chi connectivity index (χ2v) is 5.90. The maximum Gasteiger partial charge on any atom is 0.343 e. The summed E-state index contributed by atoms with van der Waals surface area (Å²) in [4.78, 5) is 19.8. The molecule has 3 heterocycles. The Morgan fingerprint density at radius 3 is 2.91 bits per heavy atom. The number of carbonyl (C=O) groups excluding carboxylic acids is 1. The number of nitrogens with one attached hydrogen (secondary N) is 1. The first-order valence-electron chi connectivity index (χ1n) is 7.10. The van der Waals surface area contributed by atoms with Crippen molar-refractivity contribution in [1.29, 1.82) is 0 Å². The van der Waals surface area contributed by atoms with Crippen molar-refractivity contribution < 1.29 is 13.9 Å². The van der Waals surface area contributed by atoms with Gasteiger partial charge in [0.25, 0.3) is 0 Å². The Labute approximate surface area is 137 Å². The zero-order valence-electron chi connectivity index (χ0n) is 12.9. The number of hydrogen-bond donors (Lipinski definition) is 2. The molecule has 0 unspecified atom stereocenters. The van der Waals surface area contributed by atoms with Gasteiger partial charge in [0.05, 0.1) is 29.7 Å². The van der Waals surface area contributed by atoms with Gasteiger partial charge in [-0.3, -0.25) is 0 Å². The van der Waals surface area contributed by atoms with E-state index in [1.807, 2.05) is 13.8 Å². The first-order chi connectivity index (χ1) is 10.9. The number of esters is 1. The van der Waals surface area contributed by atoms with Gasteiger partial charge in [-0.1, -0.05) is 0 Å². The minimum absolute atomic E-state index is 0.254. The molecule has 0 spiro atoms. The van der Waals surface area contributed by atoms with E-state index in [4.69, 9.17) is 4.74 Å². The molecule has 0 aromatic carbocycles. The molecule has 0 saturated heterocycles. The highest BCUT2D eigenvalue weighted by atomic mass is 32.1. The van der Waals surface area contributed by atoms with Gasteiger partial charge in [0, 0.05) is 5.75 Å². The van der Waals surface area contributed by atoms with Crippen molar-refractivity contribution in [2.75, 3.05) is 11.9 Å². The van der Waals surface area contributed by atoms with Gasteiger partial charge in [-0.05, 0) is 20.8 Å². The number of anilines is 1. The summed E-state index contributed by atoms with van der Waals surface area (Å²) in [7, 11) is 0. The van der Waals surface area contributed by atoms with Crippen LogP contribution in [0.2, 0.25) is 0 Å². The van der Waals surface area contributed by atoms with Gasteiger partial charge in [-0.25, -0.2) is 19.4 Å². The van der Waals surface area contributed by atoms with Crippen LogP contribution in [0.1, 0.15) is 42.5 Å². The van der Waals surface area contributed by atoms with Crippen LogP contribution in [0.4, 0.5) is 10.2 Å². The SMILES string of the molecule is CCOC(=O)c1c(CS)nn2c1NC(C)(C)c1nc(F)ncc1-2. The van der Waals surface area contributed by atoms with Crippen LogP contribution in [0.25, 0.3) is 5.69 Å². The van der Waals surface area contributed by atoms with Crippen molar-refractivity contribution in [2.24, 2.45) is 0 Å². The van der Waals surface area contributed by atoms with Gasteiger partial charge < -0.3 is 10.1 Å². The van der Waals surface area contributed by atoms with Crippen LogP contribution in [0.3, 0.4) is 0 Å². The van der Waals surface area contributed by atoms with Crippen molar-refractivity contribution in [1.82, 2.24) is 19.7 Å². The van der Waals surface area contributed by atoms with Crippen LogP contribution in [0.5, 0.6) is 0 Å². The first kappa shape index (κ1) is 15.7. The van der Waals surface area contributed by atoms with E-state index in [1.165, 1.54) is 10.9 Å². The zero-order chi connectivity index (χ0) is 16.8. The number of fused-ring (bicyclic) bond motifs is 3. The predicted molar refractivity (Wildman–Crippen MR) is 84.4 cm³/mol. The van der Waals surface area contributed by atoms with Crippen molar-refractivity contribution in [3.63, 3.8) is 0 Å². The molecule has 3 rings (SSSR count). The number of nitrogens with zero attached hydrogens (tertiary/aromatic N) is 4. The summed E-state index contributed by atoms with van der Waals surface area (Å²) in [5, 5.41) is 7.57. The van der Waals surface area contributed by atoms with Crippen LogP contribution in [-0.2, 0) is 16.0 Å². The minimum Gasteiger partial charge on any atom is -0.462 e. The molecule has 0 aliphatic carbocycles. The summed E-state index contributed by atoms with van der Waals surface area (Å²) in [6.45, 7) is 5.66. The van der Waals surface area contributed by atoms with E-state index in [9.17, 15) is 9.18 Å². The third-order valence-corrected chi connectivity index (χ3v) is 3.88. The standard InChI is InChI=1S/C14H16FN5O2S/c1-4-22-12(21)9-7(6-23)19-20-8-5-16-13(15)17-10(8)14(2,3)18-11(9)20/h5,18,23H,4,6H2,1-3H3. The van der Waals surface area contributed by atoms with Gasteiger partial charge in [-0.2, -0.15) is 22.1 Å². The monoisotopic (exact) mass is 337 g/mol. The minimum atomic E-state index is -0.811. The third-order valence-electron chi connectivity index (χ3n) is 3.58. The lowest BCUT2D eigenvalue weighted by atomic mass is 9.96. The number of hydrogen-bond acceptors (Lipinski definition) is 7. The number of thiol groups is 1. The maximum atomic E-state index is 13.4. The van der Waals surface area contributed by atoms with Crippen molar-refractivity contribution in [3.05, 3.63) is 29.2 Å². The lowest BCUT2D eigenvalue weighted by Crippen LogP contribution is -2.37. The Hall–Kier alpha value is -2.16. The number of rotatable bonds is 3. The molecule has 0 bridgehead atoms.